The van der Waals surface area contributed by atoms with E-state index in [2.05, 4.69) is 114 Å². The Morgan fingerprint density at radius 2 is 0.548 bits per heavy atom. The second-order valence-corrected chi connectivity index (χ2v) is 19.1. The van der Waals surface area contributed by atoms with Crippen LogP contribution in [0.25, 0.3) is 32.9 Å². The van der Waals surface area contributed by atoms with Crippen molar-refractivity contribution in [3.05, 3.63) is 232 Å². The highest BCUT2D eigenvalue weighted by molar-refractivity contribution is 7.20. The van der Waals surface area contributed by atoms with Crippen LogP contribution >= 0.6 is 0 Å². The van der Waals surface area contributed by atoms with E-state index in [1.807, 2.05) is 0 Å². The second-order valence-electron chi connectivity index (χ2n) is 19.1. The molecule has 0 amide bonds. The Kier molecular flexibility index (Phi) is 16.0. The van der Waals surface area contributed by atoms with E-state index in [0.717, 1.165) is 6.54 Å². The fraction of sp³-hybridized carbons (Fsp3) is 0.155. The predicted octanol–water partition coefficient (Wildman–Crippen LogP) is 17.2. The maximum atomic E-state index is 14.2. The Balaban J connectivity index is 0.000000280. The summed E-state index contributed by atoms with van der Waals surface area (Å²) in [6.45, 7) is 0.852. The molecule has 26 heteroatoms. The second kappa shape index (κ2) is 21.8. The Labute approximate surface area is 457 Å². The smallest absolute Gasteiger partial charge is 0.194 e. The Bertz CT molecular complexity index is 3440. The predicted molar refractivity (Wildman–Crippen MR) is 263 cm³/mol. The SMILES string of the molecule is FC(F)(F)c1cc([B-](c2cc(C(F)(F)F)cc(C(F)(F)F)c2)(c2cc(C(F)(F)F)cc(C(F)(F)F)c2)c2cc(C(F)(F)F)cc(C(F)(F)F)c2)cc(C(F)(F)F)c1.c1ccc(C[n+]2c(-c3ccc4ccccc4c3)ccc3ccccc32)cc1. The van der Waals surface area contributed by atoms with Gasteiger partial charge in [-0.25, -0.2) is 0 Å². The molecular weight excluding hydrogens is 1180 g/mol. The van der Waals surface area contributed by atoms with Crippen LogP contribution in [-0.2, 0) is 56.0 Å². The van der Waals surface area contributed by atoms with E-state index in [1.54, 1.807) is 0 Å². The van der Waals surface area contributed by atoms with Crippen LogP contribution in [0.1, 0.15) is 50.1 Å². The van der Waals surface area contributed by atoms with Gasteiger partial charge in [-0.15, -0.1) is 0 Å². The lowest BCUT2D eigenvalue weighted by atomic mass is 9.12. The molecule has 0 fully saturated rings. The fourth-order valence-corrected chi connectivity index (χ4v) is 9.87. The van der Waals surface area contributed by atoms with Gasteiger partial charge in [0.05, 0.1) is 44.5 Å². The van der Waals surface area contributed by atoms with Gasteiger partial charge in [0, 0.05) is 28.6 Å². The van der Waals surface area contributed by atoms with Gasteiger partial charge in [-0.2, -0.15) is 132 Å². The minimum Gasteiger partial charge on any atom is -0.194 e. The van der Waals surface area contributed by atoms with Crippen molar-refractivity contribution >= 4 is 49.7 Å². The molecule has 0 aliphatic carbocycles. The largest absolute Gasteiger partial charge is 0.416 e. The first kappa shape index (κ1) is 61.9. The van der Waals surface area contributed by atoms with Crippen molar-refractivity contribution in [3.63, 3.8) is 0 Å². The van der Waals surface area contributed by atoms with Gasteiger partial charge in [0.15, 0.2) is 6.54 Å². The monoisotopic (exact) mass is 1210 g/mol. The summed E-state index contributed by atoms with van der Waals surface area (Å²) in [5.74, 6) is 0. The van der Waals surface area contributed by atoms with Gasteiger partial charge >= 0.3 is 49.4 Å². The maximum Gasteiger partial charge on any atom is 0.416 e. The molecule has 440 valence electrons. The van der Waals surface area contributed by atoms with E-state index in [1.165, 1.54) is 38.5 Å². The number of hydrogen-bond donors (Lipinski definition) is 0. The number of benzene rings is 8. The number of hydrogen-bond acceptors (Lipinski definition) is 0. The fourth-order valence-electron chi connectivity index (χ4n) is 9.87. The molecule has 84 heavy (non-hydrogen) atoms. The van der Waals surface area contributed by atoms with Crippen LogP contribution in [0.5, 0.6) is 0 Å². The summed E-state index contributed by atoms with van der Waals surface area (Å²) < 4.78 is 343. The van der Waals surface area contributed by atoms with Gasteiger partial charge in [-0.3, -0.25) is 0 Å². The number of fused-ring (bicyclic) bond motifs is 2. The number of halogens is 24. The molecule has 0 radical (unpaired) electrons. The first-order valence-electron chi connectivity index (χ1n) is 23.9. The molecule has 0 aliphatic rings. The molecular formula is C58H32BF24N. The van der Waals surface area contributed by atoms with Gasteiger partial charge in [0.2, 0.25) is 11.2 Å². The zero-order valence-corrected chi connectivity index (χ0v) is 41.6. The van der Waals surface area contributed by atoms with Gasteiger partial charge in [-0.05, 0) is 59.3 Å². The molecule has 8 aromatic carbocycles. The molecule has 9 aromatic rings. The Hall–Kier alpha value is -8.19. The molecule has 1 heterocycles. The summed E-state index contributed by atoms with van der Waals surface area (Å²) in [6.07, 6.45) is -54.8. The number of nitrogens with zero attached hydrogens (tertiary/aromatic N) is 1. The van der Waals surface area contributed by atoms with E-state index in [4.69, 9.17) is 0 Å². The first-order chi connectivity index (χ1) is 38.6. The van der Waals surface area contributed by atoms with Crippen LogP contribution in [0.3, 0.4) is 0 Å². The third-order valence-electron chi connectivity index (χ3n) is 13.6. The normalized spacial score (nSPS) is 13.3. The van der Waals surface area contributed by atoms with E-state index in [-0.39, 0.29) is 0 Å². The number of aromatic nitrogens is 1. The summed E-state index contributed by atoms with van der Waals surface area (Å²) in [6, 6.07) is 30.2. The van der Waals surface area contributed by atoms with Crippen LogP contribution in [-0.4, -0.2) is 6.15 Å². The zero-order valence-electron chi connectivity index (χ0n) is 41.6. The van der Waals surface area contributed by atoms with Crippen molar-refractivity contribution in [2.24, 2.45) is 0 Å². The average molecular weight is 1210 g/mol. The van der Waals surface area contributed by atoms with Crippen molar-refractivity contribution in [3.8, 4) is 11.3 Å². The summed E-state index contributed by atoms with van der Waals surface area (Å²) in [7, 11) is 0. The van der Waals surface area contributed by atoms with Crippen LogP contribution in [0.15, 0.2) is 182 Å². The molecule has 1 nitrogen and oxygen atoms in total. The minimum atomic E-state index is -6.13. The molecule has 1 aromatic heterocycles. The molecule has 9 rings (SSSR count). The highest BCUT2D eigenvalue weighted by Gasteiger charge is 2.47. The van der Waals surface area contributed by atoms with Crippen molar-refractivity contribution in [2.75, 3.05) is 0 Å². The molecule has 0 atom stereocenters. The van der Waals surface area contributed by atoms with Crippen LogP contribution in [0.4, 0.5) is 105 Å². The Morgan fingerprint density at radius 3 is 0.881 bits per heavy atom. The van der Waals surface area contributed by atoms with Crippen LogP contribution in [0, 0.1) is 0 Å². The standard InChI is InChI=1S/C32H12BF24.C26H20N/c34-25(35,36)13-1-14(26(37,38)39)6-21(5-13)33(22-7-15(27(40,41)42)2-16(8-22)28(43,44)45,23-9-17(29(46,47)48)3-18(10-23)30(49,50)51)24-11-19(31(52,53)54)4-20(12-24)32(55,56)57;1-2-8-20(9-3-1)19-27-25-13-7-6-11-22(25)16-17-26(27)24-15-14-21-10-4-5-12-23(21)18-24/h1-12H;1-18H,19H2/q-1;+1. The summed E-state index contributed by atoms with van der Waals surface area (Å²) in [4.78, 5) is 0. The lowest BCUT2D eigenvalue weighted by Gasteiger charge is -2.46. The van der Waals surface area contributed by atoms with E-state index in [9.17, 15) is 105 Å². The number of rotatable bonds is 7. The van der Waals surface area contributed by atoms with Crippen molar-refractivity contribution in [1.82, 2.24) is 0 Å². The van der Waals surface area contributed by atoms with Crippen molar-refractivity contribution in [1.29, 1.82) is 0 Å². The van der Waals surface area contributed by atoms with Crippen LogP contribution < -0.4 is 26.4 Å². The molecule has 0 unspecified atom stereocenters. The summed E-state index contributed by atoms with van der Waals surface area (Å²) in [5.41, 5.74) is -25.2. The van der Waals surface area contributed by atoms with E-state index in [0.29, 0.717) is 0 Å². The van der Waals surface area contributed by atoms with E-state index < -0.39 is 195 Å². The molecule has 0 N–H and O–H groups in total. The van der Waals surface area contributed by atoms with Gasteiger partial charge in [0.25, 0.3) is 0 Å². The molecule has 0 aliphatic heterocycles. The number of para-hydroxylation sites is 1. The Morgan fingerprint density at radius 1 is 0.262 bits per heavy atom. The average Bonchev–Trinajstić information content (AvgIpc) is 0.777. The molecule has 0 saturated carbocycles. The third-order valence-corrected chi connectivity index (χ3v) is 13.6. The quantitative estimate of drug-likeness (QED) is 0.0851. The van der Waals surface area contributed by atoms with Crippen molar-refractivity contribution < 1.29 is 110 Å². The lowest BCUT2D eigenvalue weighted by molar-refractivity contribution is -0.651. The number of pyridine rings is 1. The summed E-state index contributed by atoms with van der Waals surface area (Å²) >= 11 is 0. The topological polar surface area (TPSA) is 3.88 Å². The molecule has 0 bridgehead atoms. The first-order valence-corrected chi connectivity index (χ1v) is 23.9. The molecule has 0 saturated heterocycles. The zero-order chi connectivity index (χ0) is 62.0. The van der Waals surface area contributed by atoms with E-state index >= 15 is 0 Å². The van der Waals surface area contributed by atoms with Gasteiger partial charge in [-0.1, -0.05) is 121 Å². The van der Waals surface area contributed by atoms with Gasteiger partial charge in [0.1, 0.15) is 6.15 Å². The van der Waals surface area contributed by atoms with Gasteiger partial charge < -0.3 is 0 Å². The lowest BCUT2D eigenvalue weighted by Crippen LogP contribution is -2.75. The molecule has 0 spiro atoms. The minimum absolute atomic E-state index is 0.691. The highest BCUT2D eigenvalue weighted by Crippen LogP contribution is 2.42. The third kappa shape index (κ3) is 13.3. The maximum absolute atomic E-state index is 14.2. The van der Waals surface area contributed by atoms with Crippen molar-refractivity contribution in [2.45, 2.75) is 56.0 Å². The summed E-state index contributed by atoms with van der Waals surface area (Å²) in [5, 5.41) is 3.81. The highest BCUT2D eigenvalue weighted by atomic mass is 19.4. The number of alkyl halides is 24. The van der Waals surface area contributed by atoms with Crippen LogP contribution in [0.2, 0.25) is 0 Å².